The lowest BCUT2D eigenvalue weighted by Gasteiger charge is -2.18. The average Bonchev–Trinajstić information content (AvgIpc) is 2.87. The molecule has 0 N–H and O–H groups in total. The maximum absolute atomic E-state index is 12.3. The quantitative estimate of drug-likeness (QED) is 0.718. The predicted molar refractivity (Wildman–Crippen MR) is 74.5 cm³/mol. The van der Waals surface area contributed by atoms with Gasteiger partial charge in [-0.25, -0.2) is 0 Å². The van der Waals surface area contributed by atoms with Crippen molar-refractivity contribution in [3.8, 4) is 0 Å². The largest absolute Gasteiger partial charge is 0.464 e. The van der Waals surface area contributed by atoms with E-state index in [1.54, 1.807) is 13.4 Å². The van der Waals surface area contributed by atoms with Gasteiger partial charge in [0.2, 0.25) is 0 Å². The third-order valence-electron chi connectivity index (χ3n) is 3.21. The van der Waals surface area contributed by atoms with E-state index in [1.807, 2.05) is 31.2 Å². The van der Waals surface area contributed by atoms with E-state index >= 15 is 0 Å². The van der Waals surface area contributed by atoms with Crippen molar-refractivity contribution in [2.24, 2.45) is 0 Å². The monoisotopic (exact) mass is 261 g/mol. The summed E-state index contributed by atoms with van der Waals surface area (Å²) in [6, 6.07) is 7.60. The normalized spacial score (nSPS) is 11.3. The number of hydrogen-bond acceptors (Lipinski definition) is 4. The van der Waals surface area contributed by atoms with Crippen LogP contribution in [-0.2, 0) is 4.74 Å². The zero-order chi connectivity index (χ0) is 13.7. The van der Waals surface area contributed by atoms with Gasteiger partial charge in [0.05, 0.1) is 18.7 Å². The number of benzene rings is 1. The van der Waals surface area contributed by atoms with Crippen LogP contribution in [0.2, 0.25) is 0 Å². The molecular formula is C15H19NO3. The van der Waals surface area contributed by atoms with Crippen LogP contribution in [-0.4, -0.2) is 44.0 Å². The molecule has 0 unspecified atom stereocenters. The van der Waals surface area contributed by atoms with Gasteiger partial charge in [0.15, 0.2) is 5.78 Å². The van der Waals surface area contributed by atoms with Gasteiger partial charge in [-0.05, 0) is 12.6 Å². The van der Waals surface area contributed by atoms with E-state index in [2.05, 4.69) is 4.90 Å². The summed E-state index contributed by atoms with van der Waals surface area (Å²) in [6.07, 6.45) is 1.55. The van der Waals surface area contributed by atoms with E-state index in [0.717, 1.165) is 24.1 Å². The highest BCUT2D eigenvalue weighted by molar-refractivity contribution is 6.08. The molecular weight excluding hydrogens is 242 g/mol. The van der Waals surface area contributed by atoms with Crippen molar-refractivity contribution in [2.75, 3.05) is 33.4 Å². The molecule has 0 saturated carbocycles. The summed E-state index contributed by atoms with van der Waals surface area (Å²) in [6.45, 7) is 4.65. The second-order valence-electron chi connectivity index (χ2n) is 4.43. The van der Waals surface area contributed by atoms with Crippen LogP contribution in [0.15, 0.2) is 34.9 Å². The van der Waals surface area contributed by atoms with Gasteiger partial charge in [-0.2, -0.15) is 0 Å². The number of nitrogens with zero attached hydrogens (tertiary/aromatic N) is 1. The zero-order valence-corrected chi connectivity index (χ0v) is 11.4. The van der Waals surface area contributed by atoms with Gasteiger partial charge < -0.3 is 9.15 Å². The Morgan fingerprint density at radius 2 is 2.16 bits per heavy atom. The smallest absolute Gasteiger partial charge is 0.180 e. The number of carbonyl (C=O) groups is 1. The summed E-state index contributed by atoms with van der Waals surface area (Å²) < 4.78 is 10.4. The molecule has 4 nitrogen and oxygen atoms in total. The van der Waals surface area contributed by atoms with Crippen molar-refractivity contribution in [1.82, 2.24) is 4.90 Å². The van der Waals surface area contributed by atoms with Gasteiger partial charge >= 0.3 is 0 Å². The third-order valence-corrected chi connectivity index (χ3v) is 3.21. The number of likely N-dealkylation sites (N-methyl/N-ethyl adjacent to an activating group) is 1. The number of Topliss-reactive ketones (excluding diaryl/α,β-unsaturated/α-hetero) is 1. The van der Waals surface area contributed by atoms with E-state index in [4.69, 9.17) is 9.15 Å². The van der Waals surface area contributed by atoms with Crippen molar-refractivity contribution in [2.45, 2.75) is 6.92 Å². The molecule has 0 radical (unpaired) electrons. The van der Waals surface area contributed by atoms with Crippen molar-refractivity contribution in [1.29, 1.82) is 0 Å². The highest BCUT2D eigenvalue weighted by atomic mass is 16.5. The maximum Gasteiger partial charge on any atom is 0.180 e. The fraction of sp³-hybridized carbons (Fsp3) is 0.400. The van der Waals surface area contributed by atoms with Crippen LogP contribution in [0.3, 0.4) is 0 Å². The molecule has 2 aromatic rings. The van der Waals surface area contributed by atoms with Crippen LogP contribution in [0, 0.1) is 0 Å². The molecule has 1 aromatic heterocycles. The summed E-state index contributed by atoms with van der Waals surface area (Å²) in [5.41, 5.74) is 1.41. The van der Waals surface area contributed by atoms with Crippen LogP contribution < -0.4 is 0 Å². The van der Waals surface area contributed by atoms with Gasteiger partial charge in [-0.15, -0.1) is 0 Å². The number of fused-ring (bicyclic) bond motifs is 1. The number of carbonyl (C=O) groups excluding carboxylic acids is 1. The number of methoxy groups -OCH3 is 1. The number of rotatable bonds is 7. The first kappa shape index (κ1) is 13.8. The fourth-order valence-corrected chi connectivity index (χ4v) is 2.05. The molecule has 0 saturated heterocycles. The Morgan fingerprint density at radius 1 is 1.37 bits per heavy atom. The molecule has 19 heavy (non-hydrogen) atoms. The molecule has 0 aliphatic rings. The first-order chi connectivity index (χ1) is 9.26. The first-order valence-corrected chi connectivity index (χ1v) is 6.47. The van der Waals surface area contributed by atoms with E-state index in [9.17, 15) is 4.79 Å². The Morgan fingerprint density at radius 3 is 2.89 bits per heavy atom. The van der Waals surface area contributed by atoms with Crippen molar-refractivity contribution in [3.05, 3.63) is 36.1 Å². The SMILES string of the molecule is CCN(CCOC)CC(=O)c1coc2ccccc12. The van der Waals surface area contributed by atoms with Crippen LogP contribution >= 0.6 is 0 Å². The fourth-order valence-electron chi connectivity index (χ4n) is 2.05. The zero-order valence-electron chi connectivity index (χ0n) is 11.4. The summed E-state index contributed by atoms with van der Waals surface area (Å²) in [5, 5.41) is 0.885. The molecule has 0 atom stereocenters. The summed E-state index contributed by atoms with van der Waals surface area (Å²) in [4.78, 5) is 14.4. The lowest BCUT2D eigenvalue weighted by Crippen LogP contribution is -2.32. The Labute approximate surface area is 112 Å². The Balaban J connectivity index is 2.10. The molecule has 0 aliphatic heterocycles. The molecule has 0 aliphatic carbocycles. The molecule has 102 valence electrons. The van der Waals surface area contributed by atoms with Crippen LogP contribution in [0.4, 0.5) is 0 Å². The number of ketones is 1. The minimum Gasteiger partial charge on any atom is -0.464 e. The van der Waals surface area contributed by atoms with Gasteiger partial charge in [-0.1, -0.05) is 25.1 Å². The number of furan rings is 1. The van der Waals surface area contributed by atoms with E-state index < -0.39 is 0 Å². The minimum absolute atomic E-state index is 0.0860. The minimum atomic E-state index is 0.0860. The highest BCUT2D eigenvalue weighted by Crippen LogP contribution is 2.21. The van der Waals surface area contributed by atoms with E-state index in [1.165, 1.54) is 0 Å². The predicted octanol–water partition coefficient (Wildman–Crippen LogP) is 2.58. The molecule has 2 rings (SSSR count). The Kier molecular flexibility index (Phi) is 4.71. The lowest BCUT2D eigenvalue weighted by atomic mass is 10.1. The van der Waals surface area contributed by atoms with Gasteiger partial charge in [0, 0.05) is 19.0 Å². The molecule has 4 heteroatoms. The van der Waals surface area contributed by atoms with Crippen molar-refractivity contribution in [3.63, 3.8) is 0 Å². The van der Waals surface area contributed by atoms with E-state index in [0.29, 0.717) is 18.7 Å². The van der Waals surface area contributed by atoms with Crippen molar-refractivity contribution >= 4 is 16.8 Å². The molecule has 1 heterocycles. The molecule has 0 amide bonds. The van der Waals surface area contributed by atoms with Gasteiger partial charge in [0.1, 0.15) is 11.8 Å². The maximum atomic E-state index is 12.3. The van der Waals surface area contributed by atoms with Crippen LogP contribution in [0.1, 0.15) is 17.3 Å². The molecule has 0 fully saturated rings. The highest BCUT2D eigenvalue weighted by Gasteiger charge is 2.16. The second-order valence-corrected chi connectivity index (χ2v) is 4.43. The third kappa shape index (κ3) is 3.22. The average molecular weight is 261 g/mol. The van der Waals surface area contributed by atoms with Gasteiger partial charge in [0.25, 0.3) is 0 Å². The van der Waals surface area contributed by atoms with Crippen LogP contribution in [0.5, 0.6) is 0 Å². The van der Waals surface area contributed by atoms with Crippen molar-refractivity contribution < 1.29 is 13.9 Å². The summed E-state index contributed by atoms with van der Waals surface area (Å²) in [5.74, 6) is 0.0860. The standard InChI is InChI=1S/C15H19NO3/c1-3-16(8-9-18-2)10-14(17)13-11-19-15-7-5-4-6-12(13)15/h4-7,11H,3,8-10H2,1-2H3. The topological polar surface area (TPSA) is 42.7 Å². The molecule has 0 spiro atoms. The summed E-state index contributed by atoms with van der Waals surface area (Å²) >= 11 is 0. The number of para-hydroxylation sites is 1. The molecule has 1 aromatic carbocycles. The first-order valence-electron chi connectivity index (χ1n) is 6.47. The number of hydrogen-bond donors (Lipinski definition) is 0. The van der Waals surface area contributed by atoms with Crippen LogP contribution in [0.25, 0.3) is 11.0 Å². The second kappa shape index (κ2) is 6.50. The molecule has 0 bridgehead atoms. The Hall–Kier alpha value is -1.65. The Bertz CT molecular complexity index is 547. The number of ether oxygens (including phenoxy) is 1. The lowest BCUT2D eigenvalue weighted by molar-refractivity contribution is 0.0903. The van der Waals surface area contributed by atoms with E-state index in [-0.39, 0.29) is 5.78 Å². The summed E-state index contributed by atoms with van der Waals surface area (Å²) in [7, 11) is 1.67. The van der Waals surface area contributed by atoms with Gasteiger partial charge in [-0.3, -0.25) is 9.69 Å².